The van der Waals surface area contributed by atoms with Crippen molar-refractivity contribution in [2.75, 3.05) is 18.5 Å². The number of rotatable bonds is 7. The zero-order valence-electron chi connectivity index (χ0n) is 21.4. The summed E-state index contributed by atoms with van der Waals surface area (Å²) < 4.78 is 45.2. The summed E-state index contributed by atoms with van der Waals surface area (Å²) in [5.74, 6) is -0.439. The van der Waals surface area contributed by atoms with Gasteiger partial charge in [-0.3, -0.25) is 9.59 Å². The van der Waals surface area contributed by atoms with Crippen LogP contribution >= 0.6 is 11.3 Å². The summed E-state index contributed by atoms with van der Waals surface area (Å²) in [5, 5.41) is 5.65. The molecule has 0 aliphatic carbocycles. The molecular formula is C26H32F3N5O3S. The Balaban J connectivity index is 1.46. The molecule has 5 rings (SSSR count). The Kier molecular flexibility index (Phi) is 7.63. The SMILES string of the molecule is CC[C@H](Nc1cc(C)c(-c2sc(C(=O)NC3CCOCC3)nc2C(=O)N2C3CCC2CC3)cn1)C(F)(F)F. The Morgan fingerprint density at radius 2 is 1.82 bits per heavy atom. The van der Waals surface area contributed by atoms with E-state index in [-0.39, 0.29) is 52.9 Å². The number of hydrogen-bond donors (Lipinski definition) is 2. The number of carbonyl (C=O) groups is 2. The number of ether oxygens (including phenoxy) is 1. The maximum atomic E-state index is 13.8. The molecule has 3 aliphatic rings. The van der Waals surface area contributed by atoms with Gasteiger partial charge in [-0.25, -0.2) is 9.97 Å². The second kappa shape index (κ2) is 10.8. The van der Waals surface area contributed by atoms with Crippen molar-refractivity contribution >= 4 is 29.0 Å². The van der Waals surface area contributed by atoms with Gasteiger partial charge in [0.2, 0.25) is 0 Å². The molecule has 38 heavy (non-hydrogen) atoms. The van der Waals surface area contributed by atoms with Crippen LogP contribution in [0.4, 0.5) is 19.0 Å². The molecule has 12 heteroatoms. The maximum absolute atomic E-state index is 13.8. The first kappa shape index (κ1) is 26.9. The van der Waals surface area contributed by atoms with Crippen LogP contribution in [0, 0.1) is 6.92 Å². The molecule has 1 atom stereocenters. The molecule has 8 nitrogen and oxygen atoms in total. The van der Waals surface area contributed by atoms with Crippen LogP contribution in [0.2, 0.25) is 0 Å². The van der Waals surface area contributed by atoms with Gasteiger partial charge in [-0.1, -0.05) is 6.92 Å². The van der Waals surface area contributed by atoms with Gasteiger partial charge in [0.05, 0.1) is 4.88 Å². The molecule has 5 heterocycles. The van der Waals surface area contributed by atoms with E-state index in [1.54, 1.807) is 13.0 Å². The zero-order valence-corrected chi connectivity index (χ0v) is 22.3. The van der Waals surface area contributed by atoms with Gasteiger partial charge in [-0.15, -0.1) is 11.3 Å². The molecule has 2 aromatic rings. The lowest BCUT2D eigenvalue weighted by Crippen LogP contribution is -2.39. The molecule has 3 fully saturated rings. The Morgan fingerprint density at radius 1 is 1.16 bits per heavy atom. The Morgan fingerprint density at radius 3 is 2.39 bits per heavy atom. The van der Waals surface area contributed by atoms with Crippen molar-refractivity contribution < 1.29 is 27.5 Å². The number of pyridine rings is 1. The van der Waals surface area contributed by atoms with Gasteiger partial charge in [0.1, 0.15) is 17.6 Å². The molecule has 2 bridgehead atoms. The highest BCUT2D eigenvalue weighted by Crippen LogP contribution is 2.41. The van der Waals surface area contributed by atoms with Gasteiger partial charge in [-0.2, -0.15) is 13.2 Å². The number of aryl methyl sites for hydroxylation is 1. The second-order valence-corrected chi connectivity index (χ2v) is 11.3. The van der Waals surface area contributed by atoms with E-state index >= 15 is 0 Å². The minimum absolute atomic E-state index is 0.0221. The Labute approximate surface area is 223 Å². The van der Waals surface area contributed by atoms with Crippen LogP contribution in [-0.4, -0.2) is 70.2 Å². The topological polar surface area (TPSA) is 96.4 Å². The molecule has 0 aromatic carbocycles. The summed E-state index contributed by atoms with van der Waals surface area (Å²) >= 11 is 1.12. The molecular weight excluding hydrogens is 519 g/mol. The predicted octanol–water partition coefficient (Wildman–Crippen LogP) is 4.94. The van der Waals surface area contributed by atoms with Gasteiger partial charge < -0.3 is 20.3 Å². The molecule has 3 saturated heterocycles. The van der Waals surface area contributed by atoms with Crippen LogP contribution in [0.25, 0.3) is 10.4 Å². The van der Waals surface area contributed by atoms with E-state index in [1.165, 1.54) is 13.1 Å². The summed E-state index contributed by atoms with van der Waals surface area (Å²) in [4.78, 5) is 38.1. The molecule has 0 spiro atoms. The lowest BCUT2D eigenvalue weighted by atomic mass is 10.0. The fourth-order valence-electron chi connectivity index (χ4n) is 5.67. The molecule has 2 aromatic heterocycles. The number of nitrogens with zero attached hydrogens (tertiary/aromatic N) is 3. The largest absolute Gasteiger partial charge is 0.408 e. The highest BCUT2D eigenvalue weighted by Gasteiger charge is 2.44. The fourth-order valence-corrected chi connectivity index (χ4v) is 6.70. The van der Waals surface area contributed by atoms with Crippen molar-refractivity contribution in [3.63, 3.8) is 0 Å². The number of aromatic nitrogens is 2. The highest BCUT2D eigenvalue weighted by molar-refractivity contribution is 7.17. The third-order valence-electron chi connectivity index (χ3n) is 7.75. The number of amides is 2. The van der Waals surface area contributed by atoms with Crippen molar-refractivity contribution in [3.8, 4) is 10.4 Å². The number of fused-ring (bicyclic) bond motifs is 2. The zero-order chi connectivity index (χ0) is 27.0. The van der Waals surface area contributed by atoms with Gasteiger partial charge in [0.15, 0.2) is 5.01 Å². The lowest BCUT2D eigenvalue weighted by molar-refractivity contribution is -0.142. The van der Waals surface area contributed by atoms with Crippen LogP contribution in [0.1, 0.15) is 77.7 Å². The first-order chi connectivity index (χ1) is 18.2. The standard InChI is InChI=1S/C26H32F3N5O3S/c1-3-19(26(27,28)29)32-20-12-14(2)18(13-30-20)22-21(25(36)34-16-4-5-17(34)7-6-16)33-24(38-22)23(35)31-15-8-10-37-11-9-15/h12-13,15-17,19H,3-11H2,1-2H3,(H,30,32)(H,31,35)/t16?,17?,19-/m0/s1. The summed E-state index contributed by atoms with van der Waals surface area (Å²) in [7, 11) is 0. The van der Waals surface area contributed by atoms with Crippen LogP contribution in [-0.2, 0) is 4.74 Å². The predicted molar refractivity (Wildman–Crippen MR) is 137 cm³/mol. The number of carbonyl (C=O) groups excluding carboxylic acids is 2. The van der Waals surface area contributed by atoms with Crippen molar-refractivity contribution in [1.82, 2.24) is 20.2 Å². The lowest BCUT2D eigenvalue weighted by Gasteiger charge is -2.22. The number of halogens is 3. The molecule has 0 unspecified atom stereocenters. The number of hydrogen-bond acceptors (Lipinski definition) is 7. The first-order valence-electron chi connectivity index (χ1n) is 13.2. The first-order valence-corrected chi connectivity index (χ1v) is 14.0. The van der Waals surface area contributed by atoms with Crippen molar-refractivity contribution in [3.05, 3.63) is 28.5 Å². The molecule has 0 radical (unpaired) electrons. The normalized spacial score (nSPS) is 22.5. The summed E-state index contributed by atoms with van der Waals surface area (Å²) in [6, 6.07) is 0.165. The average Bonchev–Trinajstić information content (AvgIpc) is 3.62. The van der Waals surface area contributed by atoms with E-state index in [4.69, 9.17) is 4.74 Å². The van der Waals surface area contributed by atoms with E-state index in [0.29, 0.717) is 42.1 Å². The number of nitrogens with one attached hydrogen (secondary N) is 2. The second-order valence-electron chi connectivity index (χ2n) is 10.3. The molecule has 2 amide bonds. The molecule has 3 aliphatic heterocycles. The van der Waals surface area contributed by atoms with E-state index in [9.17, 15) is 22.8 Å². The van der Waals surface area contributed by atoms with Gasteiger partial charge >= 0.3 is 6.18 Å². The number of alkyl halides is 3. The highest BCUT2D eigenvalue weighted by atomic mass is 32.1. The summed E-state index contributed by atoms with van der Waals surface area (Å²) in [5.41, 5.74) is 1.42. The van der Waals surface area contributed by atoms with E-state index in [0.717, 1.165) is 37.0 Å². The quantitative estimate of drug-likeness (QED) is 0.506. The van der Waals surface area contributed by atoms with Gasteiger partial charge in [0.25, 0.3) is 11.8 Å². The van der Waals surface area contributed by atoms with Crippen molar-refractivity contribution in [2.24, 2.45) is 0 Å². The maximum Gasteiger partial charge on any atom is 0.408 e. The third-order valence-corrected chi connectivity index (χ3v) is 8.84. The minimum atomic E-state index is -4.40. The van der Waals surface area contributed by atoms with Crippen molar-refractivity contribution in [2.45, 2.75) is 89.1 Å². The summed E-state index contributed by atoms with van der Waals surface area (Å²) in [6.07, 6.45) is 2.20. The van der Waals surface area contributed by atoms with Crippen molar-refractivity contribution in [1.29, 1.82) is 0 Å². The minimum Gasteiger partial charge on any atom is -0.381 e. The van der Waals surface area contributed by atoms with Gasteiger partial charge in [0, 0.05) is 43.1 Å². The monoisotopic (exact) mass is 551 g/mol. The average molecular weight is 552 g/mol. The number of anilines is 1. The van der Waals surface area contributed by atoms with Crippen LogP contribution in [0.5, 0.6) is 0 Å². The number of thiazole rings is 1. The van der Waals surface area contributed by atoms with Crippen LogP contribution < -0.4 is 10.6 Å². The van der Waals surface area contributed by atoms with Crippen LogP contribution in [0.15, 0.2) is 12.3 Å². The van der Waals surface area contributed by atoms with E-state index in [1.807, 2.05) is 4.90 Å². The molecule has 206 valence electrons. The molecule has 2 N–H and O–H groups in total. The van der Waals surface area contributed by atoms with Crippen LogP contribution in [0.3, 0.4) is 0 Å². The third kappa shape index (κ3) is 5.38. The Bertz CT molecular complexity index is 1180. The molecule has 0 saturated carbocycles. The van der Waals surface area contributed by atoms with E-state index in [2.05, 4.69) is 20.6 Å². The van der Waals surface area contributed by atoms with E-state index < -0.39 is 12.2 Å². The summed E-state index contributed by atoms with van der Waals surface area (Å²) in [6.45, 7) is 4.37. The smallest absolute Gasteiger partial charge is 0.381 e. The van der Waals surface area contributed by atoms with Gasteiger partial charge in [-0.05, 0) is 63.5 Å². The Hall–Kier alpha value is -2.73. The fraction of sp³-hybridized carbons (Fsp3) is 0.615.